The van der Waals surface area contributed by atoms with E-state index >= 15 is 0 Å². The van der Waals surface area contributed by atoms with Crippen LogP contribution in [-0.4, -0.2) is 46.7 Å². The van der Waals surface area contributed by atoms with Gasteiger partial charge in [-0.25, -0.2) is 4.90 Å². The number of rotatable bonds is 5. The van der Waals surface area contributed by atoms with Gasteiger partial charge in [-0.05, 0) is 18.2 Å². The van der Waals surface area contributed by atoms with Crippen molar-refractivity contribution in [2.45, 2.75) is 31.8 Å². The number of hydrogen-bond acceptors (Lipinski definition) is 9. The molecule has 0 aromatic heterocycles. The molecule has 3 aliphatic rings. The largest absolute Gasteiger partial charge is 0.422 e. The third-order valence-corrected chi connectivity index (χ3v) is 5.31. The van der Waals surface area contributed by atoms with E-state index in [9.17, 15) is 29.3 Å². The SMILES string of the molecule is CC(=O)OC(OC(C)=O)[C@@]12C=C[C@@H](O1)[C@@H]1C(=O)N(c3ccc([N+](=O)[O-])cc3)C(=O)[C@@H]12. The normalized spacial score (nSPS) is 28.8. The van der Waals surface area contributed by atoms with Gasteiger partial charge in [-0.3, -0.25) is 29.3 Å². The summed E-state index contributed by atoms with van der Waals surface area (Å²) in [7, 11) is 0. The van der Waals surface area contributed by atoms with Gasteiger partial charge in [0.1, 0.15) is 0 Å². The van der Waals surface area contributed by atoms with E-state index in [0.717, 1.165) is 18.7 Å². The fourth-order valence-corrected chi connectivity index (χ4v) is 4.19. The zero-order valence-electron chi connectivity index (χ0n) is 15.8. The number of carbonyl (C=O) groups is 4. The lowest BCUT2D eigenvalue weighted by molar-refractivity contribution is -0.384. The Labute approximate surface area is 169 Å². The summed E-state index contributed by atoms with van der Waals surface area (Å²) in [6.07, 6.45) is 0.700. The minimum absolute atomic E-state index is 0.163. The second-order valence-electron chi connectivity index (χ2n) is 7.13. The van der Waals surface area contributed by atoms with Gasteiger partial charge in [-0.1, -0.05) is 6.08 Å². The zero-order chi connectivity index (χ0) is 21.8. The van der Waals surface area contributed by atoms with E-state index in [1.807, 2.05) is 0 Å². The number of nitro groups is 1. The third-order valence-electron chi connectivity index (χ3n) is 5.31. The first-order valence-electron chi connectivity index (χ1n) is 8.99. The molecular weight excluding hydrogens is 400 g/mol. The molecule has 156 valence electrons. The minimum atomic E-state index is -1.64. The van der Waals surface area contributed by atoms with Gasteiger partial charge in [0.05, 0.1) is 28.6 Å². The van der Waals surface area contributed by atoms with Crippen LogP contribution in [0.5, 0.6) is 0 Å². The standard InChI is InChI=1S/C19H16N2O9/c1-9(22)28-18(29-10(2)23)19-8-7-13(30-19)14-15(19)17(25)20(16(14)24)11-3-5-12(6-4-11)21(26)27/h3-8,13-15,18H,1-2H3/t13-,14+,15-,19+/m1/s1. The first kappa shape index (κ1) is 19.7. The molecule has 4 rings (SSSR count). The van der Waals surface area contributed by atoms with Crippen LogP contribution < -0.4 is 4.90 Å². The van der Waals surface area contributed by atoms with Gasteiger partial charge in [0, 0.05) is 26.0 Å². The maximum absolute atomic E-state index is 13.3. The molecule has 0 radical (unpaired) electrons. The van der Waals surface area contributed by atoms with Crippen molar-refractivity contribution in [3.05, 3.63) is 46.5 Å². The number of amides is 2. The summed E-state index contributed by atoms with van der Waals surface area (Å²) in [5.74, 6) is -4.73. The molecule has 2 amide bonds. The Morgan fingerprint density at radius 2 is 1.73 bits per heavy atom. The second kappa shape index (κ2) is 6.73. The predicted octanol–water partition coefficient (Wildman–Crippen LogP) is 0.860. The van der Waals surface area contributed by atoms with Gasteiger partial charge >= 0.3 is 11.9 Å². The zero-order valence-corrected chi connectivity index (χ0v) is 15.8. The summed E-state index contributed by atoms with van der Waals surface area (Å²) in [5, 5.41) is 10.9. The molecule has 11 heteroatoms. The fourth-order valence-electron chi connectivity index (χ4n) is 4.19. The van der Waals surface area contributed by atoms with E-state index in [1.165, 1.54) is 30.3 Å². The molecule has 3 aliphatic heterocycles. The topological polar surface area (TPSA) is 142 Å². The second-order valence-corrected chi connectivity index (χ2v) is 7.13. The molecule has 2 bridgehead atoms. The van der Waals surface area contributed by atoms with Crippen LogP contribution >= 0.6 is 0 Å². The van der Waals surface area contributed by atoms with Gasteiger partial charge in [0.15, 0.2) is 5.60 Å². The predicted molar refractivity (Wildman–Crippen MR) is 96.6 cm³/mol. The van der Waals surface area contributed by atoms with Gasteiger partial charge < -0.3 is 14.2 Å². The summed E-state index contributed by atoms with van der Waals surface area (Å²) < 4.78 is 16.1. The van der Waals surface area contributed by atoms with Gasteiger partial charge in [-0.2, -0.15) is 0 Å². The average molecular weight is 416 g/mol. The molecule has 0 unspecified atom stereocenters. The molecule has 0 spiro atoms. The number of anilines is 1. The third kappa shape index (κ3) is 2.77. The number of esters is 2. The number of non-ortho nitro benzene ring substituents is 1. The molecule has 0 N–H and O–H groups in total. The summed E-state index contributed by atoms with van der Waals surface area (Å²) in [4.78, 5) is 60.6. The van der Waals surface area contributed by atoms with E-state index in [-0.39, 0.29) is 11.4 Å². The van der Waals surface area contributed by atoms with Crippen LogP contribution in [0, 0.1) is 22.0 Å². The molecule has 3 heterocycles. The fraction of sp³-hybridized carbons (Fsp3) is 0.368. The Bertz CT molecular complexity index is 986. The Morgan fingerprint density at radius 3 is 2.27 bits per heavy atom. The summed E-state index contributed by atoms with van der Waals surface area (Å²) in [6.45, 7) is 2.22. The first-order valence-corrected chi connectivity index (χ1v) is 8.99. The molecule has 30 heavy (non-hydrogen) atoms. The van der Waals surface area contributed by atoms with Gasteiger partial charge in [0.2, 0.25) is 11.8 Å². The van der Waals surface area contributed by atoms with E-state index in [2.05, 4.69) is 0 Å². The lowest BCUT2D eigenvalue weighted by atomic mass is 9.76. The number of nitrogens with zero attached hydrogens (tertiary/aromatic N) is 2. The molecule has 1 aromatic carbocycles. The number of carbonyl (C=O) groups excluding carboxylic acids is 4. The van der Waals surface area contributed by atoms with Crippen molar-refractivity contribution in [3.63, 3.8) is 0 Å². The van der Waals surface area contributed by atoms with E-state index < -0.39 is 58.5 Å². The van der Waals surface area contributed by atoms with Crippen LogP contribution in [0.3, 0.4) is 0 Å². The molecule has 2 fully saturated rings. The highest BCUT2D eigenvalue weighted by Crippen LogP contribution is 2.54. The summed E-state index contributed by atoms with van der Waals surface area (Å²) in [6, 6.07) is 4.97. The highest BCUT2D eigenvalue weighted by molar-refractivity contribution is 6.23. The van der Waals surface area contributed by atoms with Crippen LogP contribution in [0.2, 0.25) is 0 Å². The number of imide groups is 1. The van der Waals surface area contributed by atoms with Crippen LogP contribution in [-0.2, 0) is 33.4 Å². The van der Waals surface area contributed by atoms with Crippen LogP contribution in [0.1, 0.15) is 13.8 Å². The molecule has 0 saturated carbocycles. The summed E-state index contributed by atoms with van der Waals surface area (Å²) >= 11 is 0. The Hall–Kier alpha value is -3.60. The average Bonchev–Trinajstić information content (AvgIpc) is 3.32. The molecule has 0 aliphatic carbocycles. The van der Waals surface area contributed by atoms with Crippen molar-refractivity contribution in [2.75, 3.05) is 4.90 Å². The molecule has 1 aromatic rings. The van der Waals surface area contributed by atoms with Crippen LogP contribution in [0.25, 0.3) is 0 Å². The Balaban J connectivity index is 1.71. The van der Waals surface area contributed by atoms with Gasteiger partial charge in [-0.15, -0.1) is 0 Å². The highest BCUT2D eigenvalue weighted by atomic mass is 16.7. The number of hydrogen-bond donors (Lipinski definition) is 0. The monoisotopic (exact) mass is 416 g/mol. The van der Waals surface area contributed by atoms with Crippen LogP contribution in [0.4, 0.5) is 11.4 Å². The molecule has 11 nitrogen and oxygen atoms in total. The van der Waals surface area contributed by atoms with Crippen LogP contribution in [0.15, 0.2) is 36.4 Å². The lowest BCUT2D eigenvalue weighted by Gasteiger charge is -2.34. The van der Waals surface area contributed by atoms with E-state index in [0.29, 0.717) is 0 Å². The number of benzene rings is 1. The first-order chi connectivity index (χ1) is 14.2. The number of nitro benzene ring substituents is 1. The van der Waals surface area contributed by atoms with Crippen molar-refractivity contribution in [3.8, 4) is 0 Å². The maximum atomic E-state index is 13.3. The Kier molecular flexibility index (Phi) is 4.42. The minimum Gasteiger partial charge on any atom is -0.422 e. The van der Waals surface area contributed by atoms with Crippen molar-refractivity contribution >= 4 is 35.1 Å². The van der Waals surface area contributed by atoms with Crippen molar-refractivity contribution in [2.24, 2.45) is 11.8 Å². The van der Waals surface area contributed by atoms with Gasteiger partial charge in [0.25, 0.3) is 12.0 Å². The smallest absolute Gasteiger partial charge is 0.305 e. The van der Waals surface area contributed by atoms with Crippen molar-refractivity contribution in [1.29, 1.82) is 0 Å². The van der Waals surface area contributed by atoms with E-state index in [4.69, 9.17) is 14.2 Å². The van der Waals surface area contributed by atoms with E-state index in [1.54, 1.807) is 6.08 Å². The number of fused-ring (bicyclic) bond motifs is 5. The molecular formula is C19H16N2O9. The van der Waals surface area contributed by atoms with Crippen molar-refractivity contribution < 1.29 is 38.3 Å². The quantitative estimate of drug-likeness (QED) is 0.170. The number of ether oxygens (including phenoxy) is 3. The van der Waals surface area contributed by atoms with Crippen molar-refractivity contribution in [1.82, 2.24) is 0 Å². The highest BCUT2D eigenvalue weighted by Gasteiger charge is 2.72. The molecule has 4 atom stereocenters. The molecule has 2 saturated heterocycles. The Morgan fingerprint density at radius 1 is 1.13 bits per heavy atom. The lowest BCUT2D eigenvalue weighted by Crippen LogP contribution is -2.52. The summed E-state index contributed by atoms with van der Waals surface area (Å²) in [5.41, 5.74) is -1.67. The maximum Gasteiger partial charge on any atom is 0.305 e.